The second kappa shape index (κ2) is 8.76. The Hall–Kier alpha value is -1.36. The van der Waals surface area contributed by atoms with Gasteiger partial charge >= 0.3 is 0 Å². The summed E-state index contributed by atoms with van der Waals surface area (Å²) in [7, 11) is 0. The summed E-state index contributed by atoms with van der Waals surface area (Å²) in [4.78, 5) is 15.7. The van der Waals surface area contributed by atoms with Gasteiger partial charge in [0.15, 0.2) is 0 Å². The maximum atomic E-state index is 13.6. The molecule has 2 aromatic rings. The monoisotopic (exact) mass is 473 g/mol. The zero-order valence-corrected chi connectivity index (χ0v) is 17.9. The van der Waals surface area contributed by atoms with Gasteiger partial charge in [-0.25, -0.2) is 0 Å². The number of alkyl halides is 1. The zero-order chi connectivity index (χ0) is 18.6. The molecule has 1 saturated heterocycles. The van der Waals surface area contributed by atoms with Crippen LogP contribution in [-0.4, -0.2) is 21.8 Å². The van der Waals surface area contributed by atoms with Crippen LogP contribution in [0, 0.1) is 17.8 Å². The fourth-order valence-electron chi connectivity index (χ4n) is 4.99. The number of hydrogen-bond donors (Lipinski definition) is 0. The van der Waals surface area contributed by atoms with E-state index in [-0.39, 0.29) is 12.0 Å². The Morgan fingerprint density at radius 1 is 0.926 bits per heavy atom. The second-order valence-corrected chi connectivity index (χ2v) is 9.00. The lowest BCUT2D eigenvalue weighted by Gasteiger charge is -2.29. The number of hydrogen-bond acceptors (Lipinski definition) is 1. The average Bonchev–Trinajstić information content (AvgIpc) is 3.34. The molecule has 0 unspecified atom stereocenters. The first-order chi connectivity index (χ1) is 13.3. The van der Waals surface area contributed by atoms with Gasteiger partial charge < -0.3 is 4.90 Å². The molecule has 1 aliphatic carbocycles. The van der Waals surface area contributed by atoms with E-state index in [9.17, 15) is 4.79 Å². The largest absolute Gasteiger partial charge is 0.331 e. The fraction of sp³-hybridized carbons (Fsp3) is 0.458. The molecule has 0 bridgehead atoms. The van der Waals surface area contributed by atoms with Crippen molar-refractivity contribution >= 4 is 28.5 Å². The summed E-state index contributed by atoms with van der Waals surface area (Å²) in [6.45, 7) is 0.883. The van der Waals surface area contributed by atoms with Gasteiger partial charge in [0.1, 0.15) is 0 Å². The van der Waals surface area contributed by atoms with E-state index in [1.54, 1.807) is 0 Å². The molecule has 1 amide bonds. The summed E-state index contributed by atoms with van der Waals surface area (Å²) in [6, 6.07) is 21.1. The molecule has 2 aromatic carbocycles. The summed E-state index contributed by atoms with van der Waals surface area (Å²) in [5.74, 6) is 1.83. The summed E-state index contributed by atoms with van der Waals surface area (Å²) >= 11 is 2.49. The minimum absolute atomic E-state index is 0.0268. The van der Waals surface area contributed by atoms with Crippen LogP contribution >= 0.6 is 22.6 Å². The number of amides is 1. The summed E-state index contributed by atoms with van der Waals surface area (Å²) in [5, 5.41) is 0. The smallest absolute Gasteiger partial charge is 0.226 e. The minimum atomic E-state index is 0.0268. The normalized spacial score (nSPS) is 23.5. The van der Waals surface area contributed by atoms with E-state index < -0.39 is 0 Å². The lowest BCUT2D eigenvalue weighted by Crippen LogP contribution is -2.33. The van der Waals surface area contributed by atoms with E-state index in [0.29, 0.717) is 11.8 Å². The Kier molecular flexibility index (Phi) is 6.16. The van der Waals surface area contributed by atoms with Gasteiger partial charge in [0.2, 0.25) is 5.91 Å². The Balaban J connectivity index is 1.64. The van der Waals surface area contributed by atoms with Crippen molar-refractivity contribution in [3.63, 3.8) is 0 Å². The molecule has 4 rings (SSSR count). The van der Waals surface area contributed by atoms with Crippen LogP contribution in [0.2, 0.25) is 0 Å². The third-order valence-corrected chi connectivity index (χ3v) is 7.53. The van der Waals surface area contributed by atoms with E-state index in [1.807, 2.05) is 12.1 Å². The molecule has 0 radical (unpaired) electrons. The standard InChI is InChI=1S/C24H28INO/c25-16-21-17-26(24(27)22(21)15-18-9-7-8-10-18)23(19-11-3-1-4-12-19)20-13-5-2-6-14-20/h1-6,11-14,18,21-23H,7-10,15-17H2/t21-,22+/m1/s1. The molecule has 27 heavy (non-hydrogen) atoms. The van der Waals surface area contributed by atoms with Gasteiger partial charge in [-0.3, -0.25) is 4.79 Å². The van der Waals surface area contributed by atoms with Crippen LogP contribution < -0.4 is 0 Å². The van der Waals surface area contributed by atoms with Crippen LogP contribution in [-0.2, 0) is 4.79 Å². The molecule has 2 nitrogen and oxygen atoms in total. The number of nitrogens with zero attached hydrogens (tertiary/aromatic N) is 1. The van der Waals surface area contributed by atoms with Crippen molar-refractivity contribution in [2.75, 3.05) is 11.0 Å². The second-order valence-electron chi connectivity index (χ2n) is 8.12. The van der Waals surface area contributed by atoms with Crippen molar-refractivity contribution in [3.05, 3.63) is 71.8 Å². The first kappa shape index (κ1) is 19.0. The number of carbonyl (C=O) groups is 1. The maximum absolute atomic E-state index is 13.6. The Bertz CT molecular complexity index is 702. The van der Waals surface area contributed by atoms with E-state index in [0.717, 1.165) is 23.3 Å². The Morgan fingerprint density at radius 3 is 2.00 bits per heavy atom. The van der Waals surface area contributed by atoms with Crippen molar-refractivity contribution in [1.82, 2.24) is 4.90 Å². The van der Waals surface area contributed by atoms with Crippen LogP contribution in [0.1, 0.15) is 49.3 Å². The predicted octanol–water partition coefficient (Wildman–Crippen LogP) is 5.87. The summed E-state index contributed by atoms with van der Waals surface area (Å²) in [6.07, 6.45) is 6.43. The molecule has 2 aliphatic rings. The van der Waals surface area contributed by atoms with Gasteiger partial charge in [0, 0.05) is 16.9 Å². The molecule has 2 fully saturated rings. The van der Waals surface area contributed by atoms with Gasteiger partial charge in [-0.2, -0.15) is 0 Å². The van der Waals surface area contributed by atoms with Crippen molar-refractivity contribution in [1.29, 1.82) is 0 Å². The summed E-state index contributed by atoms with van der Waals surface area (Å²) < 4.78 is 1.06. The van der Waals surface area contributed by atoms with E-state index in [2.05, 4.69) is 76.0 Å². The Labute approximate surface area is 176 Å². The molecular weight excluding hydrogens is 445 g/mol. The molecule has 142 valence electrons. The third-order valence-electron chi connectivity index (χ3n) is 6.40. The van der Waals surface area contributed by atoms with Gasteiger partial charge in [-0.1, -0.05) is 109 Å². The van der Waals surface area contributed by atoms with Crippen molar-refractivity contribution in [2.24, 2.45) is 17.8 Å². The SMILES string of the molecule is O=C1[C@@H](CC2CCCC2)[C@H](CI)CN1C(c1ccccc1)c1ccccc1. The summed E-state index contributed by atoms with van der Waals surface area (Å²) in [5.41, 5.74) is 2.43. The third kappa shape index (κ3) is 4.08. The highest BCUT2D eigenvalue weighted by Gasteiger charge is 2.44. The first-order valence-electron chi connectivity index (χ1n) is 10.2. The Morgan fingerprint density at radius 2 is 1.48 bits per heavy atom. The molecular formula is C24H28INO. The number of halogens is 1. The number of carbonyl (C=O) groups excluding carboxylic acids is 1. The van der Waals surface area contributed by atoms with Crippen LogP contribution in [0.3, 0.4) is 0 Å². The minimum Gasteiger partial charge on any atom is -0.331 e. The first-order valence-corrected chi connectivity index (χ1v) is 11.8. The number of benzene rings is 2. The van der Waals surface area contributed by atoms with Crippen LogP contribution in [0.5, 0.6) is 0 Å². The highest BCUT2D eigenvalue weighted by Crippen LogP contribution is 2.41. The quantitative estimate of drug-likeness (QED) is 0.380. The van der Waals surface area contributed by atoms with Gasteiger partial charge in [-0.15, -0.1) is 0 Å². The fourth-order valence-corrected chi connectivity index (χ4v) is 5.89. The molecule has 3 heteroatoms. The lowest BCUT2D eigenvalue weighted by atomic mass is 9.86. The maximum Gasteiger partial charge on any atom is 0.226 e. The highest BCUT2D eigenvalue weighted by atomic mass is 127. The van der Waals surface area contributed by atoms with Crippen molar-refractivity contribution in [2.45, 2.75) is 38.1 Å². The zero-order valence-electron chi connectivity index (χ0n) is 15.8. The molecule has 0 N–H and O–H groups in total. The molecule has 1 aliphatic heterocycles. The average molecular weight is 473 g/mol. The molecule has 1 heterocycles. The molecule has 0 spiro atoms. The van der Waals surface area contributed by atoms with E-state index in [1.165, 1.54) is 36.8 Å². The van der Waals surface area contributed by atoms with E-state index >= 15 is 0 Å². The van der Waals surface area contributed by atoms with E-state index in [4.69, 9.17) is 0 Å². The highest BCUT2D eigenvalue weighted by molar-refractivity contribution is 14.1. The number of likely N-dealkylation sites (tertiary alicyclic amines) is 1. The van der Waals surface area contributed by atoms with Gasteiger partial charge in [0.25, 0.3) is 0 Å². The van der Waals surface area contributed by atoms with Crippen molar-refractivity contribution in [3.8, 4) is 0 Å². The lowest BCUT2D eigenvalue weighted by molar-refractivity contribution is -0.133. The molecule has 1 saturated carbocycles. The van der Waals surface area contributed by atoms with Crippen LogP contribution in [0.15, 0.2) is 60.7 Å². The van der Waals surface area contributed by atoms with Gasteiger partial charge in [0.05, 0.1) is 6.04 Å². The van der Waals surface area contributed by atoms with Crippen molar-refractivity contribution < 1.29 is 4.79 Å². The predicted molar refractivity (Wildman–Crippen MR) is 119 cm³/mol. The number of rotatable bonds is 6. The topological polar surface area (TPSA) is 20.3 Å². The van der Waals surface area contributed by atoms with Crippen LogP contribution in [0.4, 0.5) is 0 Å². The van der Waals surface area contributed by atoms with Crippen LogP contribution in [0.25, 0.3) is 0 Å². The molecule has 0 aromatic heterocycles. The van der Waals surface area contributed by atoms with Gasteiger partial charge in [-0.05, 0) is 29.4 Å². The molecule has 2 atom stereocenters.